The minimum absolute atomic E-state index is 0.0908. The largest absolute Gasteiger partial charge is 0.465 e. The number of nitriles is 1. The third-order valence-electron chi connectivity index (χ3n) is 5.63. The molecule has 3 aromatic rings. The number of piperazine rings is 1. The summed E-state index contributed by atoms with van der Waals surface area (Å²) in [5.74, 6) is 0.313. The van der Waals surface area contributed by atoms with Gasteiger partial charge in [-0.25, -0.2) is 14.8 Å². The molecule has 2 unspecified atom stereocenters. The highest BCUT2D eigenvalue weighted by Crippen LogP contribution is 2.41. The molecule has 0 spiro atoms. The van der Waals surface area contributed by atoms with Crippen LogP contribution in [-0.4, -0.2) is 55.8 Å². The fourth-order valence-corrected chi connectivity index (χ4v) is 4.09. The van der Waals surface area contributed by atoms with E-state index in [0.717, 1.165) is 6.20 Å². The molecule has 4 heterocycles. The number of rotatable bonds is 2. The first-order valence-electron chi connectivity index (χ1n) is 9.81. The first-order valence-corrected chi connectivity index (χ1v) is 9.81. The van der Waals surface area contributed by atoms with Crippen LogP contribution in [0.3, 0.4) is 0 Å². The van der Waals surface area contributed by atoms with Crippen molar-refractivity contribution in [3.63, 3.8) is 0 Å². The minimum atomic E-state index is -4.66. The Labute approximate surface area is 181 Å². The molecule has 1 amide bonds. The van der Waals surface area contributed by atoms with Crippen LogP contribution in [0.2, 0.25) is 0 Å². The van der Waals surface area contributed by atoms with Crippen molar-refractivity contribution in [2.45, 2.75) is 32.1 Å². The van der Waals surface area contributed by atoms with Crippen LogP contribution in [0.4, 0.5) is 23.8 Å². The van der Waals surface area contributed by atoms with Gasteiger partial charge in [-0.2, -0.15) is 18.4 Å². The van der Waals surface area contributed by atoms with Gasteiger partial charge in [0.15, 0.2) is 0 Å². The second-order valence-corrected chi connectivity index (χ2v) is 7.74. The van der Waals surface area contributed by atoms with Crippen LogP contribution in [-0.2, 0) is 6.18 Å². The number of aromatic nitrogens is 3. The van der Waals surface area contributed by atoms with Crippen LogP contribution in [0.25, 0.3) is 16.7 Å². The molecule has 1 aliphatic heterocycles. The molecular formula is C21H19F3N6O2. The van der Waals surface area contributed by atoms with Crippen molar-refractivity contribution in [2.75, 3.05) is 18.0 Å². The molecule has 0 radical (unpaired) electrons. The molecule has 0 bridgehead atoms. The van der Waals surface area contributed by atoms with E-state index in [2.05, 4.69) is 9.97 Å². The molecule has 166 valence electrons. The molecule has 1 fully saturated rings. The van der Waals surface area contributed by atoms with Crippen molar-refractivity contribution < 1.29 is 23.1 Å². The summed E-state index contributed by atoms with van der Waals surface area (Å²) in [6, 6.07) is 5.50. The van der Waals surface area contributed by atoms with E-state index in [1.54, 1.807) is 18.7 Å². The Balaban J connectivity index is 1.91. The number of halogens is 3. The highest BCUT2D eigenvalue weighted by Gasteiger charge is 2.39. The summed E-state index contributed by atoms with van der Waals surface area (Å²) in [6.45, 7) is 3.80. The highest BCUT2D eigenvalue weighted by molar-refractivity contribution is 5.95. The Morgan fingerprint density at radius 1 is 1.19 bits per heavy atom. The van der Waals surface area contributed by atoms with Gasteiger partial charge in [-0.05, 0) is 32.0 Å². The molecule has 32 heavy (non-hydrogen) atoms. The topological polar surface area (TPSA) is 98.3 Å². The normalized spacial score (nSPS) is 19.2. The average molecular weight is 444 g/mol. The van der Waals surface area contributed by atoms with Gasteiger partial charge in [-0.15, -0.1) is 0 Å². The molecule has 11 heteroatoms. The van der Waals surface area contributed by atoms with Gasteiger partial charge in [0.05, 0.1) is 28.1 Å². The Hall–Kier alpha value is -3.81. The van der Waals surface area contributed by atoms with E-state index in [4.69, 9.17) is 5.26 Å². The summed E-state index contributed by atoms with van der Waals surface area (Å²) < 4.78 is 43.5. The molecule has 3 aromatic heterocycles. The molecule has 0 aliphatic carbocycles. The van der Waals surface area contributed by atoms with Gasteiger partial charge in [-0.3, -0.25) is 0 Å². The zero-order valence-electron chi connectivity index (χ0n) is 17.2. The van der Waals surface area contributed by atoms with E-state index in [0.29, 0.717) is 0 Å². The fraction of sp³-hybridized carbons (Fsp3) is 0.333. The number of amides is 1. The van der Waals surface area contributed by atoms with Crippen LogP contribution in [0.5, 0.6) is 0 Å². The molecule has 8 nitrogen and oxygen atoms in total. The number of alkyl halides is 3. The molecule has 2 atom stereocenters. The van der Waals surface area contributed by atoms with Crippen molar-refractivity contribution in [3.05, 3.63) is 47.9 Å². The summed E-state index contributed by atoms with van der Waals surface area (Å²) >= 11 is 0. The maximum absolute atomic E-state index is 14.1. The molecular weight excluding hydrogens is 425 g/mol. The van der Waals surface area contributed by atoms with Gasteiger partial charge in [0.1, 0.15) is 11.6 Å². The zero-order chi connectivity index (χ0) is 23.2. The lowest BCUT2D eigenvalue weighted by Crippen LogP contribution is -2.58. The van der Waals surface area contributed by atoms with Crippen molar-refractivity contribution in [3.8, 4) is 11.9 Å². The van der Waals surface area contributed by atoms with E-state index in [-0.39, 0.29) is 47.2 Å². The third kappa shape index (κ3) is 3.57. The van der Waals surface area contributed by atoms with Crippen molar-refractivity contribution in [2.24, 2.45) is 0 Å². The van der Waals surface area contributed by atoms with Gasteiger partial charge in [0, 0.05) is 43.8 Å². The van der Waals surface area contributed by atoms with Gasteiger partial charge in [-0.1, -0.05) is 0 Å². The second kappa shape index (κ2) is 7.71. The molecule has 1 aliphatic rings. The maximum Gasteiger partial charge on any atom is 0.418 e. The maximum atomic E-state index is 14.1. The van der Waals surface area contributed by atoms with Gasteiger partial charge in [0.25, 0.3) is 0 Å². The van der Waals surface area contributed by atoms with Gasteiger partial charge < -0.3 is 19.5 Å². The Morgan fingerprint density at radius 3 is 2.56 bits per heavy atom. The Bertz CT molecular complexity index is 1230. The predicted octanol–water partition coefficient (Wildman–Crippen LogP) is 3.89. The number of pyridine rings is 2. The number of carboxylic acid groups (broad SMARTS) is 1. The minimum Gasteiger partial charge on any atom is -0.465 e. The Morgan fingerprint density at radius 2 is 1.91 bits per heavy atom. The summed E-state index contributed by atoms with van der Waals surface area (Å²) in [7, 11) is 0. The van der Waals surface area contributed by atoms with Crippen molar-refractivity contribution in [1.29, 1.82) is 5.26 Å². The molecule has 1 saturated heterocycles. The number of nitrogens with zero attached hydrogens (tertiary/aromatic N) is 6. The van der Waals surface area contributed by atoms with Crippen LogP contribution >= 0.6 is 0 Å². The lowest BCUT2D eigenvalue weighted by atomic mass is 10.1. The van der Waals surface area contributed by atoms with Gasteiger partial charge in [0.2, 0.25) is 0 Å². The summed E-state index contributed by atoms with van der Waals surface area (Å²) in [4.78, 5) is 22.9. The predicted molar refractivity (Wildman–Crippen MR) is 110 cm³/mol. The number of anilines is 1. The molecule has 0 saturated carbocycles. The second-order valence-electron chi connectivity index (χ2n) is 7.74. The Kier molecular flexibility index (Phi) is 5.16. The van der Waals surface area contributed by atoms with Gasteiger partial charge >= 0.3 is 12.3 Å². The average Bonchev–Trinajstić information content (AvgIpc) is 3.15. The summed E-state index contributed by atoms with van der Waals surface area (Å²) in [6.07, 6.45) is -1.99. The van der Waals surface area contributed by atoms with E-state index >= 15 is 0 Å². The van der Waals surface area contributed by atoms with Crippen LogP contribution in [0.15, 0.2) is 36.8 Å². The van der Waals surface area contributed by atoms with Crippen LogP contribution < -0.4 is 4.90 Å². The standard InChI is InChI=1S/C21H19F3N6O2/c1-12-10-29(20(31)32)13(2)9-28(12)19-18-15(21(22,23)24)11-30(16(18)4-6-27-19)17-7-14(8-25)3-5-26-17/h3-7,11-13H,9-10H2,1-2H3,(H,31,32). The highest BCUT2D eigenvalue weighted by atomic mass is 19.4. The number of hydrogen-bond donors (Lipinski definition) is 1. The SMILES string of the molecule is CC1CN(c2nccc3c2c(C(F)(F)F)cn3-c2cc(C#N)ccn2)C(C)CN1C(=O)O. The van der Waals surface area contributed by atoms with Crippen LogP contribution in [0.1, 0.15) is 25.0 Å². The lowest BCUT2D eigenvalue weighted by molar-refractivity contribution is -0.136. The quantitative estimate of drug-likeness (QED) is 0.644. The number of carbonyl (C=O) groups is 1. The van der Waals surface area contributed by atoms with Crippen molar-refractivity contribution in [1.82, 2.24) is 19.4 Å². The van der Waals surface area contributed by atoms with E-state index in [1.807, 2.05) is 6.07 Å². The zero-order valence-corrected chi connectivity index (χ0v) is 17.2. The molecule has 4 rings (SSSR count). The first kappa shape index (κ1) is 21.4. The fourth-order valence-electron chi connectivity index (χ4n) is 4.09. The van der Waals surface area contributed by atoms with E-state index in [9.17, 15) is 23.1 Å². The molecule has 0 aromatic carbocycles. The number of hydrogen-bond acceptors (Lipinski definition) is 5. The summed E-state index contributed by atoms with van der Waals surface area (Å²) in [5.41, 5.74) is -0.363. The molecule has 1 N–H and O–H groups in total. The van der Waals surface area contributed by atoms with Crippen molar-refractivity contribution >= 4 is 22.8 Å². The number of fused-ring (bicyclic) bond motifs is 1. The third-order valence-corrected chi connectivity index (χ3v) is 5.63. The summed E-state index contributed by atoms with van der Waals surface area (Å²) in [5, 5.41) is 18.5. The monoisotopic (exact) mass is 444 g/mol. The smallest absolute Gasteiger partial charge is 0.418 e. The lowest BCUT2D eigenvalue weighted by Gasteiger charge is -2.43. The van der Waals surface area contributed by atoms with Crippen LogP contribution in [0, 0.1) is 11.3 Å². The van der Waals surface area contributed by atoms with E-state index < -0.39 is 23.9 Å². The van der Waals surface area contributed by atoms with E-state index in [1.165, 1.54) is 40.1 Å². The first-order chi connectivity index (χ1) is 15.1.